The topological polar surface area (TPSA) is 89.5 Å². The smallest absolute Gasteiger partial charge is 0.347 e. The van der Waals surface area contributed by atoms with Gasteiger partial charge in [0.2, 0.25) is 0 Å². The van der Waals surface area contributed by atoms with Crippen LogP contribution in [0.25, 0.3) is 11.1 Å². The van der Waals surface area contributed by atoms with Crippen LogP contribution in [0, 0.1) is 0 Å². The van der Waals surface area contributed by atoms with Crippen molar-refractivity contribution in [3.63, 3.8) is 0 Å². The Hall–Kier alpha value is -2.75. The van der Waals surface area contributed by atoms with Gasteiger partial charge < -0.3 is 27.2 Å². The van der Waals surface area contributed by atoms with Crippen LogP contribution in [-0.4, -0.2) is 56.5 Å². The molecule has 8 nitrogen and oxygen atoms in total. The van der Waals surface area contributed by atoms with Gasteiger partial charge in [-0.15, -0.1) is 0 Å². The van der Waals surface area contributed by atoms with Gasteiger partial charge in [0.1, 0.15) is 17.2 Å². The molecule has 3 aromatic carbocycles. The summed E-state index contributed by atoms with van der Waals surface area (Å²) < 4.78 is 36.4. The van der Waals surface area contributed by atoms with E-state index >= 15 is 0 Å². The van der Waals surface area contributed by atoms with Crippen LogP contribution in [0.5, 0.6) is 17.2 Å². The lowest BCUT2D eigenvalue weighted by Crippen LogP contribution is -2.51. The summed E-state index contributed by atoms with van der Waals surface area (Å²) in [6.07, 6.45) is 9.43. The van der Waals surface area contributed by atoms with Crippen molar-refractivity contribution in [2.24, 2.45) is 0 Å². The Morgan fingerprint density at radius 1 is 0.685 bits per heavy atom. The number of carbonyl (C=O) groups excluding carboxylic acids is 2. The van der Waals surface area contributed by atoms with Crippen molar-refractivity contribution in [1.82, 2.24) is 0 Å². The lowest BCUT2D eigenvalue weighted by Gasteiger charge is -2.37. The number of rotatable bonds is 24. The van der Waals surface area contributed by atoms with Gasteiger partial charge in [0, 0.05) is 0 Å². The summed E-state index contributed by atoms with van der Waals surface area (Å²) >= 11 is 3.56. The molecule has 0 aliphatic carbocycles. The number of carbonyl (C=O) groups is 2. The van der Waals surface area contributed by atoms with Gasteiger partial charge in [-0.1, -0.05) is 76.1 Å². The molecule has 0 spiro atoms. The fourth-order valence-corrected chi connectivity index (χ4v) is 20.0. The second-order valence-corrected chi connectivity index (χ2v) is 29.4. The van der Waals surface area contributed by atoms with E-state index in [0.29, 0.717) is 36.0 Å². The first-order valence-electron chi connectivity index (χ1n) is 19.6. The molecule has 1 atom stereocenters. The van der Waals surface area contributed by atoms with Gasteiger partial charge in [-0.2, -0.15) is 0 Å². The Morgan fingerprint density at radius 3 is 1.83 bits per heavy atom. The zero-order chi connectivity index (χ0) is 39.8. The van der Waals surface area contributed by atoms with E-state index in [9.17, 15) is 9.59 Å². The molecule has 0 aliphatic heterocycles. The van der Waals surface area contributed by atoms with Crippen LogP contribution in [0.15, 0.2) is 71.2 Å². The van der Waals surface area contributed by atoms with Crippen molar-refractivity contribution >= 4 is 53.1 Å². The van der Waals surface area contributed by atoms with E-state index in [0.717, 1.165) is 41.3 Å². The lowest BCUT2D eigenvalue weighted by atomic mass is 10.1. The third kappa shape index (κ3) is 17.4. The first-order valence-corrected chi connectivity index (χ1v) is 29.7. The molecule has 0 heterocycles. The Morgan fingerprint density at radius 2 is 1.26 bits per heavy atom. The lowest BCUT2D eigenvalue weighted by molar-refractivity contribution is -0.151. The van der Waals surface area contributed by atoms with E-state index in [4.69, 9.17) is 27.2 Å². The second kappa shape index (κ2) is 22.1. The molecule has 0 saturated carbocycles. The standard InChI is InChI=1S/C42H63BrO8Si3/c1-10-11-29-47-41(44)33(2)48-37-24-19-34(20-25-37)35-21-26-38(27-22-35)49-42(45)36-23-28-40(39(43)32-36)46-30-17-15-13-12-14-16-18-31-53(6,7)51-54(8,9)50-52(3,4)5/h19-28,32-33H,10-18,29-31H2,1-9H3. The highest BCUT2D eigenvalue weighted by atomic mass is 79.9. The van der Waals surface area contributed by atoms with Crippen molar-refractivity contribution in [3.05, 3.63) is 76.8 Å². The molecule has 54 heavy (non-hydrogen) atoms. The van der Waals surface area contributed by atoms with Crippen LogP contribution in [0.4, 0.5) is 0 Å². The first-order chi connectivity index (χ1) is 25.5. The summed E-state index contributed by atoms with van der Waals surface area (Å²) in [7, 11) is -5.36. The van der Waals surface area contributed by atoms with Crippen molar-refractivity contribution < 1.29 is 36.8 Å². The summed E-state index contributed by atoms with van der Waals surface area (Å²) in [5.41, 5.74) is 2.35. The van der Waals surface area contributed by atoms with Crippen LogP contribution < -0.4 is 14.2 Å². The van der Waals surface area contributed by atoms with E-state index in [-0.39, 0.29) is 5.97 Å². The van der Waals surface area contributed by atoms with Crippen molar-refractivity contribution in [2.45, 2.75) is 130 Å². The molecule has 0 amide bonds. The summed E-state index contributed by atoms with van der Waals surface area (Å²) in [4.78, 5) is 25.0. The highest BCUT2D eigenvalue weighted by Gasteiger charge is 2.37. The monoisotopic (exact) mass is 858 g/mol. The molecule has 1 unspecified atom stereocenters. The fourth-order valence-electron chi connectivity index (χ4n) is 6.23. The third-order valence-corrected chi connectivity index (χ3v) is 19.3. The van der Waals surface area contributed by atoms with Crippen LogP contribution in [0.2, 0.25) is 51.9 Å². The number of unbranched alkanes of at least 4 members (excludes halogenated alkanes) is 7. The van der Waals surface area contributed by atoms with E-state index in [1.54, 1.807) is 31.2 Å². The molecule has 298 valence electrons. The largest absolute Gasteiger partial charge is 0.492 e. The zero-order valence-corrected chi connectivity index (χ0v) is 38.6. The number of hydrogen-bond acceptors (Lipinski definition) is 8. The molecule has 0 N–H and O–H groups in total. The van der Waals surface area contributed by atoms with E-state index in [1.165, 1.54) is 38.1 Å². The SMILES string of the molecule is CCCCOC(=O)C(C)Oc1ccc(-c2ccc(OC(=O)c3ccc(OCCCCCCCCC[Si](C)(C)O[Si](C)(C)O[Si](C)(C)C)c(Br)c3)cc2)cc1. The summed E-state index contributed by atoms with van der Waals surface area (Å²) in [5, 5.41) is 0. The van der Waals surface area contributed by atoms with Gasteiger partial charge in [-0.25, -0.2) is 9.59 Å². The average Bonchev–Trinajstić information content (AvgIpc) is 3.08. The van der Waals surface area contributed by atoms with Crippen LogP contribution in [0.1, 0.15) is 82.0 Å². The Labute approximate surface area is 336 Å². The average molecular weight is 860 g/mol. The predicted molar refractivity (Wildman–Crippen MR) is 230 cm³/mol. The van der Waals surface area contributed by atoms with Gasteiger partial charge in [0.05, 0.1) is 23.2 Å². The Bertz CT molecular complexity index is 1590. The molecule has 0 bridgehead atoms. The molecule has 0 saturated heterocycles. The maximum atomic E-state index is 12.9. The fraction of sp³-hybridized carbons (Fsp3) is 0.524. The molecule has 0 radical (unpaired) electrons. The van der Waals surface area contributed by atoms with E-state index in [1.807, 2.05) is 49.4 Å². The number of benzene rings is 3. The first kappa shape index (κ1) is 45.6. The maximum Gasteiger partial charge on any atom is 0.347 e. The van der Waals surface area contributed by atoms with Gasteiger partial charge in [0.15, 0.2) is 22.7 Å². The molecule has 0 fully saturated rings. The highest BCUT2D eigenvalue weighted by Crippen LogP contribution is 2.29. The van der Waals surface area contributed by atoms with Crippen molar-refractivity contribution in [2.75, 3.05) is 13.2 Å². The van der Waals surface area contributed by atoms with Gasteiger partial charge in [0.25, 0.3) is 0 Å². The normalized spacial score (nSPS) is 12.6. The zero-order valence-electron chi connectivity index (χ0n) is 34.1. The van der Waals surface area contributed by atoms with E-state index in [2.05, 4.69) is 61.8 Å². The van der Waals surface area contributed by atoms with Crippen LogP contribution in [0.3, 0.4) is 0 Å². The second-order valence-electron chi connectivity index (χ2n) is 15.9. The molecule has 0 aromatic heterocycles. The third-order valence-electron chi connectivity index (χ3n) is 8.56. The Kier molecular flexibility index (Phi) is 18.7. The molecule has 3 aromatic rings. The summed E-state index contributed by atoms with van der Waals surface area (Å²) in [6, 6.07) is 21.3. The maximum absolute atomic E-state index is 12.9. The van der Waals surface area contributed by atoms with Gasteiger partial charge in [-0.3, -0.25) is 0 Å². The number of hydrogen-bond donors (Lipinski definition) is 0. The summed E-state index contributed by atoms with van der Waals surface area (Å²) in [5.74, 6) is 0.929. The molecular formula is C42H63BrO8Si3. The Balaban J connectivity index is 1.33. The summed E-state index contributed by atoms with van der Waals surface area (Å²) in [6.45, 7) is 20.6. The minimum Gasteiger partial charge on any atom is -0.492 e. The molecular weight excluding hydrogens is 797 g/mol. The van der Waals surface area contributed by atoms with Gasteiger partial charge in [-0.05, 0) is 141 Å². The van der Waals surface area contributed by atoms with Crippen LogP contribution in [-0.2, 0) is 17.8 Å². The minimum absolute atomic E-state index is 0.370. The number of esters is 2. The van der Waals surface area contributed by atoms with Crippen LogP contribution >= 0.6 is 15.9 Å². The molecule has 3 rings (SSSR count). The highest BCUT2D eigenvalue weighted by molar-refractivity contribution is 9.10. The van der Waals surface area contributed by atoms with Crippen molar-refractivity contribution in [1.29, 1.82) is 0 Å². The minimum atomic E-state index is -2.06. The quantitative estimate of drug-likeness (QED) is 0.0381. The number of ether oxygens (including phenoxy) is 4. The van der Waals surface area contributed by atoms with E-state index < -0.39 is 37.3 Å². The van der Waals surface area contributed by atoms with Crippen molar-refractivity contribution in [3.8, 4) is 28.4 Å². The number of halogens is 1. The van der Waals surface area contributed by atoms with Gasteiger partial charge >= 0.3 is 20.5 Å². The molecule has 12 heteroatoms. The molecule has 0 aliphatic rings. The predicted octanol–water partition coefficient (Wildman–Crippen LogP) is 12.3.